The van der Waals surface area contributed by atoms with E-state index in [-0.39, 0.29) is 24.0 Å². The Morgan fingerprint density at radius 2 is 2.04 bits per heavy atom. The highest BCUT2D eigenvalue weighted by atomic mass is 127. The normalized spacial score (nSPS) is 15.5. The number of aliphatic hydroxyl groups excluding tert-OH is 1. The number of hydrogen-bond acceptors (Lipinski definition) is 3. The predicted octanol–water partition coefficient (Wildman–Crippen LogP) is 2.71. The monoisotopic (exact) mass is 447 g/mol. The largest absolute Gasteiger partial charge is 0.388 e. The molecular formula is C18H30IN3O2. The molecule has 0 aromatic heterocycles. The molecule has 1 aliphatic rings. The lowest BCUT2D eigenvalue weighted by molar-refractivity contribution is 0.129. The van der Waals surface area contributed by atoms with Crippen LogP contribution in [0.15, 0.2) is 35.3 Å². The Morgan fingerprint density at radius 3 is 2.71 bits per heavy atom. The minimum Gasteiger partial charge on any atom is -0.388 e. The third-order valence-electron chi connectivity index (χ3n) is 3.79. The zero-order valence-electron chi connectivity index (χ0n) is 14.4. The van der Waals surface area contributed by atoms with Crippen LogP contribution < -0.4 is 10.6 Å². The van der Waals surface area contributed by atoms with Crippen LogP contribution in [-0.2, 0) is 4.74 Å². The van der Waals surface area contributed by atoms with Gasteiger partial charge in [-0.2, -0.15) is 0 Å². The van der Waals surface area contributed by atoms with Gasteiger partial charge in [0.2, 0.25) is 0 Å². The number of guanidine groups is 1. The van der Waals surface area contributed by atoms with E-state index in [9.17, 15) is 5.11 Å². The summed E-state index contributed by atoms with van der Waals surface area (Å²) in [4.78, 5) is 4.50. The van der Waals surface area contributed by atoms with Crippen LogP contribution in [0.1, 0.15) is 37.9 Å². The van der Waals surface area contributed by atoms with E-state index in [0.29, 0.717) is 19.6 Å². The number of benzene rings is 1. The van der Waals surface area contributed by atoms with Crippen molar-refractivity contribution in [2.45, 2.75) is 32.3 Å². The number of nitrogens with one attached hydrogen (secondary N) is 2. The number of nitrogens with zero attached hydrogens (tertiary/aromatic N) is 1. The van der Waals surface area contributed by atoms with Gasteiger partial charge in [0, 0.05) is 26.2 Å². The number of aliphatic hydroxyl groups is 1. The van der Waals surface area contributed by atoms with Crippen molar-refractivity contribution in [2.24, 2.45) is 10.9 Å². The second-order valence-corrected chi connectivity index (χ2v) is 5.92. The highest BCUT2D eigenvalue weighted by Gasteiger charge is 2.20. The number of halogens is 1. The van der Waals surface area contributed by atoms with E-state index in [1.54, 1.807) is 0 Å². The van der Waals surface area contributed by atoms with Gasteiger partial charge in [0.1, 0.15) is 0 Å². The molecule has 24 heavy (non-hydrogen) atoms. The molecule has 3 N–H and O–H groups in total. The number of aliphatic imine (C=N–C) groups is 1. The van der Waals surface area contributed by atoms with E-state index in [1.165, 1.54) is 12.8 Å². The molecule has 1 unspecified atom stereocenters. The zero-order chi connectivity index (χ0) is 16.3. The van der Waals surface area contributed by atoms with E-state index in [0.717, 1.165) is 37.1 Å². The summed E-state index contributed by atoms with van der Waals surface area (Å²) in [7, 11) is 0. The molecule has 2 rings (SSSR count). The van der Waals surface area contributed by atoms with Crippen LogP contribution in [0.25, 0.3) is 0 Å². The van der Waals surface area contributed by atoms with E-state index < -0.39 is 6.10 Å². The first-order chi connectivity index (χ1) is 11.3. The van der Waals surface area contributed by atoms with E-state index in [1.807, 2.05) is 37.3 Å². The molecule has 0 heterocycles. The van der Waals surface area contributed by atoms with Crippen molar-refractivity contribution >= 4 is 29.9 Å². The van der Waals surface area contributed by atoms with Crippen LogP contribution >= 0.6 is 24.0 Å². The van der Waals surface area contributed by atoms with Gasteiger partial charge in [-0.3, -0.25) is 4.99 Å². The summed E-state index contributed by atoms with van der Waals surface area (Å²) in [5.41, 5.74) is 0.939. The minimum absolute atomic E-state index is 0. The third kappa shape index (κ3) is 8.84. The molecule has 1 aromatic rings. The fourth-order valence-electron chi connectivity index (χ4n) is 2.26. The number of ether oxygens (including phenoxy) is 1. The molecule has 136 valence electrons. The lowest BCUT2D eigenvalue weighted by Crippen LogP contribution is -2.39. The molecule has 0 amide bonds. The summed E-state index contributed by atoms with van der Waals surface area (Å²) in [6, 6.07) is 9.71. The highest BCUT2D eigenvalue weighted by Crippen LogP contribution is 2.28. The Balaban J connectivity index is 0.00000288. The lowest BCUT2D eigenvalue weighted by Gasteiger charge is -2.13. The van der Waals surface area contributed by atoms with Crippen LogP contribution in [0.4, 0.5) is 0 Å². The number of rotatable bonds is 10. The first-order valence-corrected chi connectivity index (χ1v) is 8.62. The van der Waals surface area contributed by atoms with E-state index >= 15 is 0 Å². The molecule has 1 aliphatic carbocycles. The van der Waals surface area contributed by atoms with Gasteiger partial charge in [-0.25, -0.2) is 0 Å². The quantitative estimate of drug-likeness (QED) is 0.223. The van der Waals surface area contributed by atoms with Crippen molar-refractivity contribution in [3.8, 4) is 0 Å². The fraction of sp³-hybridized carbons (Fsp3) is 0.611. The van der Waals surface area contributed by atoms with Gasteiger partial charge < -0.3 is 20.5 Å². The summed E-state index contributed by atoms with van der Waals surface area (Å²) in [6.07, 6.45) is 2.78. The summed E-state index contributed by atoms with van der Waals surface area (Å²) < 4.78 is 5.60. The van der Waals surface area contributed by atoms with Crippen LogP contribution in [0.3, 0.4) is 0 Å². The Kier molecular flexibility index (Phi) is 11.0. The smallest absolute Gasteiger partial charge is 0.191 e. The molecule has 0 aliphatic heterocycles. The molecular weight excluding hydrogens is 417 g/mol. The van der Waals surface area contributed by atoms with E-state index in [2.05, 4.69) is 15.6 Å². The maximum atomic E-state index is 10.1. The molecule has 1 atom stereocenters. The SMILES string of the molecule is CCNC(=NCCC(O)c1ccccc1)NCCOCC1CC1.I. The van der Waals surface area contributed by atoms with Gasteiger partial charge in [-0.05, 0) is 37.7 Å². The van der Waals surface area contributed by atoms with E-state index in [4.69, 9.17) is 4.74 Å². The van der Waals surface area contributed by atoms with Gasteiger partial charge in [-0.1, -0.05) is 30.3 Å². The van der Waals surface area contributed by atoms with Crippen molar-refractivity contribution in [1.82, 2.24) is 10.6 Å². The standard InChI is InChI=1S/C18H29N3O2.HI/c1-2-19-18(21-12-13-23-14-15-8-9-15)20-11-10-17(22)16-6-4-3-5-7-16;/h3-7,15,17,22H,2,8-14H2,1H3,(H2,19,20,21);1H. The molecule has 5 nitrogen and oxygen atoms in total. The second-order valence-electron chi connectivity index (χ2n) is 5.92. The number of hydrogen-bond donors (Lipinski definition) is 3. The molecule has 0 bridgehead atoms. The van der Waals surface area contributed by atoms with Crippen molar-refractivity contribution < 1.29 is 9.84 Å². The minimum atomic E-state index is -0.468. The Morgan fingerprint density at radius 1 is 1.29 bits per heavy atom. The summed E-state index contributed by atoms with van der Waals surface area (Å²) in [5, 5.41) is 16.6. The van der Waals surface area contributed by atoms with Gasteiger partial charge in [-0.15, -0.1) is 24.0 Å². The molecule has 0 spiro atoms. The Labute approximate surface area is 162 Å². The molecule has 1 fully saturated rings. The second kappa shape index (κ2) is 12.5. The first kappa shape index (κ1) is 21.2. The lowest BCUT2D eigenvalue weighted by atomic mass is 10.1. The highest BCUT2D eigenvalue weighted by molar-refractivity contribution is 14.0. The molecule has 1 aromatic carbocycles. The van der Waals surface area contributed by atoms with Crippen molar-refractivity contribution in [3.63, 3.8) is 0 Å². The van der Waals surface area contributed by atoms with Crippen LogP contribution in [0, 0.1) is 5.92 Å². The molecule has 6 heteroatoms. The molecule has 0 radical (unpaired) electrons. The summed E-state index contributed by atoms with van der Waals surface area (Å²) >= 11 is 0. The Bertz CT molecular complexity index is 467. The average Bonchev–Trinajstić information content (AvgIpc) is 3.39. The van der Waals surface area contributed by atoms with Gasteiger partial charge in [0.25, 0.3) is 0 Å². The molecule has 0 saturated heterocycles. The van der Waals surface area contributed by atoms with Crippen LogP contribution in [-0.4, -0.2) is 43.9 Å². The third-order valence-corrected chi connectivity index (χ3v) is 3.79. The molecule has 1 saturated carbocycles. The van der Waals surface area contributed by atoms with Gasteiger partial charge >= 0.3 is 0 Å². The predicted molar refractivity (Wildman–Crippen MR) is 109 cm³/mol. The van der Waals surface area contributed by atoms with Crippen LogP contribution in [0.5, 0.6) is 0 Å². The Hall–Kier alpha value is -0.860. The fourth-order valence-corrected chi connectivity index (χ4v) is 2.26. The summed E-state index contributed by atoms with van der Waals surface area (Å²) in [5.74, 6) is 1.58. The average molecular weight is 447 g/mol. The van der Waals surface area contributed by atoms with Crippen molar-refractivity contribution in [3.05, 3.63) is 35.9 Å². The van der Waals surface area contributed by atoms with Crippen molar-refractivity contribution in [1.29, 1.82) is 0 Å². The summed E-state index contributed by atoms with van der Waals surface area (Å²) in [6.45, 7) is 5.77. The zero-order valence-corrected chi connectivity index (χ0v) is 16.7. The topological polar surface area (TPSA) is 65.9 Å². The van der Waals surface area contributed by atoms with Crippen molar-refractivity contribution in [2.75, 3.05) is 32.8 Å². The van der Waals surface area contributed by atoms with Gasteiger partial charge in [0.15, 0.2) is 5.96 Å². The first-order valence-electron chi connectivity index (χ1n) is 8.62. The van der Waals surface area contributed by atoms with Gasteiger partial charge in [0.05, 0.1) is 12.7 Å². The maximum absolute atomic E-state index is 10.1. The van der Waals surface area contributed by atoms with Crippen LogP contribution in [0.2, 0.25) is 0 Å². The maximum Gasteiger partial charge on any atom is 0.191 e.